The maximum atomic E-state index is 2.37. The molecule has 0 heterocycles. The van der Waals surface area contributed by atoms with Crippen LogP contribution in [0.1, 0.15) is 226 Å². The first-order valence-electron chi connectivity index (χ1n) is 17.8. The Kier molecular flexibility index (Phi) is 33.0. The van der Waals surface area contributed by atoms with E-state index in [1.807, 2.05) is 0 Å². The lowest BCUT2D eigenvalue weighted by Gasteiger charge is -2.16. The van der Waals surface area contributed by atoms with Gasteiger partial charge in [-0.15, -0.1) is 0 Å². The van der Waals surface area contributed by atoms with Crippen molar-refractivity contribution in [1.82, 2.24) is 0 Å². The summed E-state index contributed by atoms with van der Waals surface area (Å²) in [6.07, 6.45) is 47.3. The van der Waals surface area contributed by atoms with Crippen molar-refractivity contribution in [3.05, 3.63) is 0 Å². The predicted molar refractivity (Wildman–Crippen MR) is 168 cm³/mol. The summed E-state index contributed by atoms with van der Waals surface area (Å²) in [5, 5.41) is 0. The highest BCUT2D eigenvalue weighted by atomic mass is 14.1. The summed E-state index contributed by atoms with van der Waals surface area (Å²) in [4.78, 5) is 0. The van der Waals surface area contributed by atoms with Crippen LogP contribution in [0.2, 0.25) is 0 Å². The fraction of sp³-hybridized carbons (Fsp3) is 1.00. The first-order chi connectivity index (χ1) is 17.8. The highest BCUT2D eigenvalue weighted by molar-refractivity contribution is 4.61. The van der Waals surface area contributed by atoms with Gasteiger partial charge in [-0.2, -0.15) is 0 Å². The molecule has 0 aromatic rings. The summed E-state index contributed by atoms with van der Waals surface area (Å²) in [6.45, 7) is 6.99. The minimum atomic E-state index is 1.04. The summed E-state index contributed by atoms with van der Waals surface area (Å²) in [5.74, 6) is 1.04. The van der Waals surface area contributed by atoms with Gasteiger partial charge in [0.05, 0.1) is 0 Å². The van der Waals surface area contributed by atoms with E-state index in [4.69, 9.17) is 0 Å². The van der Waals surface area contributed by atoms with E-state index in [9.17, 15) is 0 Å². The molecule has 218 valence electrons. The predicted octanol–water partition coefficient (Wildman–Crippen LogP) is 14.1. The quantitative estimate of drug-likeness (QED) is 0.0795. The molecule has 1 atom stereocenters. The summed E-state index contributed by atoms with van der Waals surface area (Å²) in [7, 11) is 0. The maximum absolute atomic E-state index is 2.37. The number of rotatable bonds is 32. The Morgan fingerprint density at radius 3 is 0.667 bits per heavy atom. The third kappa shape index (κ3) is 30.2. The van der Waals surface area contributed by atoms with Crippen LogP contribution in [0.3, 0.4) is 0 Å². The first-order valence-corrected chi connectivity index (χ1v) is 17.8. The third-order valence-corrected chi connectivity index (χ3v) is 8.65. The largest absolute Gasteiger partial charge is 0.0654 e. The van der Waals surface area contributed by atoms with Gasteiger partial charge in [0.15, 0.2) is 0 Å². The number of unbranched alkanes of at least 4 members (excludes halogenated alkanes) is 26. The van der Waals surface area contributed by atoms with Crippen LogP contribution in [0.15, 0.2) is 0 Å². The van der Waals surface area contributed by atoms with Crippen LogP contribution in [-0.2, 0) is 0 Å². The third-order valence-electron chi connectivity index (χ3n) is 8.65. The van der Waals surface area contributed by atoms with Crippen molar-refractivity contribution in [1.29, 1.82) is 0 Å². The maximum Gasteiger partial charge on any atom is -0.0414 e. The summed E-state index contributed by atoms with van der Waals surface area (Å²) in [6, 6.07) is 0. The Hall–Kier alpha value is 0. The molecule has 0 saturated heterocycles. The van der Waals surface area contributed by atoms with Gasteiger partial charge in [-0.3, -0.25) is 0 Å². The smallest absolute Gasteiger partial charge is 0.0414 e. The average molecular weight is 507 g/mol. The second kappa shape index (κ2) is 33.0. The molecule has 0 heteroatoms. The fourth-order valence-corrected chi connectivity index (χ4v) is 6.00. The molecule has 0 radical (unpaired) electrons. The number of hydrogen-bond donors (Lipinski definition) is 0. The Bertz CT molecular complexity index is 359. The topological polar surface area (TPSA) is 0 Å². The molecule has 0 fully saturated rings. The van der Waals surface area contributed by atoms with E-state index in [1.54, 1.807) is 0 Å². The van der Waals surface area contributed by atoms with Gasteiger partial charge in [0.2, 0.25) is 0 Å². The lowest BCUT2D eigenvalue weighted by molar-refractivity contribution is 0.370. The fourth-order valence-electron chi connectivity index (χ4n) is 6.00. The molecule has 1 unspecified atom stereocenters. The van der Waals surface area contributed by atoms with Gasteiger partial charge >= 0.3 is 0 Å². The second-order valence-electron chi connectivity index (χ2n) is 12.4. The molecule has 0 nitrogen and oxygen atoms in total. The Morgan fingerprint density at radius 1 is 0.222 bits per heavy atom. The SMILES string of the molecule is CCCCCCCCCCCCCCCCCCCC(CCCC)CCCCCCCCCCCC. The van der Waals surface area contributed by atoms with E-state index in [1.165, 1.54) is 205 Å². The minimum Gasteiger partial charge on any atom is -0.0654 e. The zero-order valence-corrected chi connectivity index (χ0v) is 26.2. The van der Waals surface area contributed by atoms with Crippen LogP contribution in [0.4, 0.5) is 0 Å². The molecule has 0 aromatic heterocycles. The Balaban J connectivity index is 3.44. The first kappa shape index (κ1) is 36.0. The van der Waals surface area contributed by atoms with Crippen molar-refractivity contribution in [2.24, 2.45) is 5.92 Å². The van der Waals surface area contributed by atoms with Crippen molar-refractivity contribution >= 4 is 0 Å². The van der Waals surface area contributed by atoms with Gasteiger partial charge in [-0.05, 0) is 5.92 Å². The molecule has 0 amide bonds. The van der Waals surface area contributed by atoms with Crippen LogP contribution in [0.25, 0.3) is 0 Å². The van der Waals surface area contributed by atoms with Crippen molar-refractivity contribution in [2.45, 2.75) is 226 Å². The molecule has 0 aliphatic rings. The molecule has 36 heavy (non-hydrogen) atoms. The normalized spacial score (nSPS) is 12.4. The number of hydrogen-bond acceptors (Lipinski definition) is 0. The lowest BCUT2D eigenvalue weighted by Crippen LogP contribution is -2.01. The second-order valence-corrected chi connectivity index (χ2v) is 12.4. The van der Waals surface area contributed by atoms with Gasteiger partial charge < -0.3 is 0 Å². The standard InChI is InChI=1S/C36H74/c1-4-7-10-12-14-16-18-19-20-21-22-23-24-26-28-30-32-35-36(33-9-6-3)34-31-29-27-25-17-15-13-11-8-5-2/h36H,4-35H2,1-3H3. The van der Waals surface area contributed by atoms with E-state index in [-0.39, 0.29) is 0 Å². The van der Waals surface area contributed by atoms with Crippen LogP contribution < -0.4 is 0 Å². The van der Waals surface area contributed by atoms with Gasteiger partial charge in [0, 0.05) is 0 Å². The van der Waals surface area contributed by atoms with Gasteiger partial charge in [-0.1, -0.05) is 226 Å². The zero-order chi connectivity index (χ0) is 26.2. The highest BCUT2D eigenvalue weighted by Crippen LogP contribution is 2.24. The van der Waals surface area contributed by atoms with E-state index in [2.05, 4.69) is 20.8 Å². The summed E-state index contributed by atoms with van der Waals surface area (Å²) < 4.78 is 0. The van der Waals surface area contributed by atoms with Crippen molar-refractivity contribution < 1.29 is 0 Å². The summed E-state index contributed by atoms with van der Waals surface area (Å²) >= 11 is 0. The average Bonchev–Trinajstić information content (AvgIpc) is 2.89. The lowest BCUT2D eigenvalue weighted by atomic mass is 9.90. The molecule has 0 bridgehead atoms. The molecule has 0 saturated carbocycles. The van der Waals surface area contributed by atoms with Crippen LogP contribution in [-0.4, -0.2) is 0 Å². The van der Waals surface area contributed by atoms with Crippen molar-refractivity contribution in [3.63, 3.8) is 0 Å². The van der Waals surface area contributed by atoms with Crippen LogP contribution in [0.5, 0.6) is 0 Å². The van der Waals surface area contributed by atoms with Gasteiger partial charge in [0.25, 0.3) is 0 Å². The molecule has 0 aliphatic carbocycles. The Labute approximate surface area is 232 Å². The zero-order valence-electron chi connectivity index (χ0n) is 26.2. The molecule has 0 aromatic carbocycles. The van der Waals surface area contributed by atoms with Gasteiger partial charge in [-0.25, -0.2) is 0 Å². The minimum absolute atomic E-state index is 1.04. The summed E-state index contributed by atoms with van der Waals surface area (Å²) in [5.41, 5.74) is 0. The molecular weight excluding hydrogens is 432 g/mol. The molecule has 0 N–H and O–H groups in total. The molecule has 0 aliphatic heterocycles. The van der Waals surface area contributed by atoms with Gasteiger partial charge in [0.1, 0.15) is 0 Å². The highest BCUT2D eigenvalue weighted by Gasteiger charge is 2.08. The monoisotopic (exact) mass is 507 g/mol. The molecular formula is C36H74. The molecule has 0 spiro atoms. The van der Waals surface area contributed by atoms with E-state index < -0.39 is 0 Å². The van der Waals surface area contributed by atoms with Crippen LogP contribution >= 0.6 is 0 Å². The Morgan fingerprint density at radius 2 is 0.417 bits per heavy atom. The molecule has 0 rings (SSSR count). The van der Waals surface area contributed by atoms with E-state index in [0.717, 1.165) is 5.92 Å². The van der Waals surface area contributed by atoms with E-state index in [0.29, 0.717) is 0 Å². The van der Waals surface area contributed by atoms with Crippen LogP contribution in [0, 0.1) is 5.92 Å². The van der Waals surface area contributed by atoms with E-state index >= 15 is 0 Å². The van der Waals surface area contributed by atoms with Crippen molar-refractivity contribution in [2.75, 3.05) is 0 Å². The van der Waals surface area contributed by atoms with Crippen molar-refractivity contribution in [3.8, 4) is 0 Å².